The van der Waals surface area contributed by atoms with Crippen LogP contribution in [-0.4, -0.2) is 47.4 Å². The van der Waals surface area contributed by atoms with Crippen molar-refractivity contribution < 1.29 is 23.1 Å². The van der Waals surface area contributed by atoms with Gasteiger partial charge in [-0.3, -0.25) is 0 Å². The molecule has 158 valence electrons. The summed E-state index contributed by atoms with van der Waals surface area (Å²) in [5.74, 6) is 0. The van der Waals surface area contributed by atoms with Gasteiger partial charge in [0.15, 0.2) is 0 Å². The summed E-state index contributed by atoms with van der Waals surface area (Å²) in [6.07, 6.45) is 0.326. The lowest BCUT2D eigenvalue weighted by atomic mass is 9.94. The van der Waals surface area contributed by atoms with Gasteiger partial charge in [-0.15, -0.1) is 0 Å². The van der Waals surface area contributed by atoms with Gasteiger partial charge in [-0.2, -0.15) is 0 Å². The van der Waals surface area contributed by atoms with Crippen LogP contribution in [0.15, 0.2) is 30.3 Å². The highest BCUT2D eigenvalue weighted by molar-refractivity contribution is 6.73. The predicted octanol–water partition coefficient (Wildman–Crippen LogP) is 4.96. The summed E-state index contributed by atoms with van der Waals surface area (Å²) in [6, 6.07) is 10.3. The maximum atomic E-state index is 6.91. The monoisotopic (exact) mass is 408 g/mol. The van der Waals surface area contributed by atoms with Gasteiger partial charge in [0.1, 0.15) is 19.0 Å². The van der Waals surface area contributed by atoms with Gasteiger partial charge in [0.25, 0.3) is 0 Å². The molecular weight excluding hydrogens is 372 g/mol. The number of fused-ring (bicyclic) bond motifs is 1. The average Bonchev–Trinajstić information content (AvgIpc) is 2.64. The van der Waals surface area contributed by atoms with Crippen LogP contribution >= 0.6 is 0 Å². The van der Waals surface area contributed by atoms with Crippen molar-refractivity contribution in [3.05, 3.63) is 35.9 Å². The van der Waals surface area contributed by atoms with E-state index in [4.69, 9.17) is 23.1 Å². The van der Waals surface area contributed by atoms with Crippen LogP contribution in [0, 0.1) is 0 Å². The molecular formula is C22H36O5Si. The van der Waals surface area contributed by atoms with Gasteiger partial charge in [0, 0.05) is 23.6 Å². The Morgan fingerprint density at radius 3 is 2.25 bits per heavy atom. The van der Waals surface area contributed by atoms with Crippen LogP contribution in [0.2, 0.25) is 10.1 Å². The molecule has 2 aliphatic heterocycles. The van der Waals surface area contributed by atoms with Crippen LogP contribution in [0.4, 0.5) is 0 Å². The van der Waals surface area contributed by atoms with Crippen molar-refractivity contribution in [3.8, 4) is 0 Å². The maximum absolute atomic E-state index is 6.91. The number of benzene rings is 1. The molecule has 0 bridgehead atoms. The largest absolute Gasteiger partial charge is 0.391 e. The molecule has 1 aromatic carbocycles. The Kier molecular flexibility index (Phi) is 6.40. The van der Waals surface area contributed by atoms with Crippen molar-refractivity contribution in [2.24, 2.45) is 0 Å². The molecule has 0 N–H and O–H groups in total. The van der Waals surface area contributed by atoms with E-state index in [9.17, 15) is 0 Å². The third-order valence-corrected chi connectivity index (χ3v) is 10.9. The van der Waals surface area contributed by atoms with Crippen molar-refractivity contribution in [2.45, 2.75) is 82.5 Å². The number of hydrogen-bond donors (Lipinski definition) is 0. The number of methoxy groups -OCH3 is 1. The molecule has 0 unspecified atom stereocenters. The van der Waals surface area contributed by atoms with Gasteiger partial charge >= 0.3 is 8.56 Å². The van der Waals surface area contributed by atoms with E-state index in [0.29, 0.717) is 6.61 Å². The van der Waals surface area contributed by atoms with Gasteiger partial charge in [0.2, 0.25) is 0 Å². The fourth-order valence-corrected chi connectivity index (χ4v) is 9.73. The van der Waals surface area contributed by atoms with Crippen LogP contribution < -0.4 is 0 Å². The molecule has 2 heterocycles. The lowest BCUT2D eigenvalue weighted by Crippen LogP contribution is -2.68. The van der Waals surface area contributed by atoms with E-state index in [1.807, 2.05) is 18.2 Å². The van der Waals surface area contributed by atoms with Crippen LogP contribution in [-0.2, 0) is 23.1 Å². The summed E-state index contributed by atoms with van der Waals surface area (Å²) in [7, 11) is -0.925. The third-order valence-electron chi connectivity index (χ3n) is 5.82. The van der Waals surface area contributed by atoms with Crippen molar-refractivity contribution >= 4 is 8.56 Å². The van der Waals surface area contributed by atoms with Crippen molar-refractivity contribution in [1.29, 1.82) is 0 Å². The zero-order chi connectivity index (χ0) is 20.6. The zero-order valence-electron chi connectivity index (χ0n) is 18.4. The molecule has 3 rings (SSSR count). The summed E-state index contributed by atoms with van der Waals surface area (Å²) in [5.41, 5.74) is 1.16. The Morgan fingerprint density at radius 1 is 1.04 bits per heavy atom. The molecule has 0 saturated carbocycles. The first-order valence-electron chi connectivity index (χ1n) is 10.2. The second-order valence-corrected chi connectivity index (χ2v) is 14.7. The summed E-state index contributed by atoms with van der Waals surface area (Å²) >= 11 is 0. The Balaban J connectivity index is 1.89. The highest BCUT2D eigenvalue weighted by Gasteiger charge is 2.63. The summed E-state index contributed by atoms with van der Waals surface area (Å²) < 4.78 is 31.3. The summed E-state index contributed by atoms with van der Waals surface area (Å²) in [4.78, 5) is 0. The molecule has 2 fully saturated rings. The Hall–Kier alpha value is -0.763. The van der Waals surface area contributed by atoms with Gasteiger partial charge in [-0.1, -0.05) is 71.9 Å². The minimum atomic E-state index is -2.58. The predicted molar refractivity (Wildman–Crippen MR) is 111 cm³/mol. The smallest absolute Gasteiger partial charge is 0.349 e. The lowest BCUT2D eigenvalue weighted by molar-refractivity contribution is -0.229. The van der Waals surface area contributed by atoms with Crippen LogP contribution in [0.3, 0.4) is 0 Å². The van der Waals surface area contributed by atoms with E-state index < -0.39 is 8.56 Å². The van der Waals surface area contributed by atoms with Gasteiger partial charge in [0.05, 0.1) is 18.8 Å². The first kappa shape index (κ1) is 21.9. The molecule has 2 saturated heterocycles. The number of rotatable bonds is 4. The van der Waals surface area contributed by atoms with E-state index in [1.54, 1.807) is 7.11 Å². The van der Waals surface area contributed by atoms with Crippen molar-refractivity contribution in [1.82, 2.24) is 0 Å². The van der Waals surface area contributed by atoms with E-state index in [2.05, 4.69) is 53.7 Å². The molecule has 0 amide bonds. The topological polar surface area (TPSA) is 46.2 Å². The third kappa shape index (κ3) is 4.09. The van der Waals surface area contributed by atoms with Crippen LogP contribution in [0.5, 0.6) is 0 Å². The lowest BCUT2D eigenvalue weighted by Gasteiger charge is -2.57. The fourth-order valence-electron chi connectivity index (χ4n) is 4.75. The zero-order valence-corrected chi connectivity index (χ0v) is 19.4. The minimum Gasteiger partial charge on any atom is -0.391 e. The van der Waals surface area contributed by atoms with E-state index in [-0.39, 0.29) is 41.3 Å². The normalized spacial score (nSPS) is 30.7. The molecule has 6 heteroatoms. The molecule has 0 radical (unpaired) electrons. The van der Waals surface area contributed by atoms with Crippen LogP contribution in [0.1, 0.15) is 59.6 Å². The summed E-state index contributed by atoms with van der Waals surface area (Å²) in [5, 5.41) is -0.142. The van der Waals surface area contributed by atoms with Gasteiger partial charge in [-0.05, 0) is 5.56 Å². The average molecular weight is 409 g/mol. The Labute approximate surface area is 170 Å². The summed E-state index contributed by atoms with van der Waals surface area (Å²) in [6.45, 7) is 14.2. The molecule has 2 aliphatic rings. The Morgan fingerprint density at radius 2 is 1.68 bits per heavy atom. The van der Waals surface area contributed by atoms with E-state index >= 15 is 0 Å². The van der Waals surface area contributed by atoms with E-state index in [0.717, 1.165) is 12.0 Å². The molecule has 0 spiro atoms. The number of hydrogen-bond acceptors (Lipinski definition) is 5. The SMILES string of the molecule is COCO[C@H]1C[C@H](c2ccccc2)O[C@@H]2CO[Si](C(C)(C)C)(C(C)(C)C)O[C@@H]12. The highest BCUT2D eigenvalue weighted by atomic mass is 28.4. The molecule has 1 aromatic rings. The second kappa shape index (κ2) is 8.17. The quantitative estimate of drug-likeness (QED) is 0.520. The van der Waals surface area contributed by atoms with Crippen molar-refractivity contribution in [2.75, 3.05) is 20.5 Å². The highest BCUT2D eigenvalue weighted by Crippen LogP contribution is 2.55. The fraction of sp³-hybridized carbons (Fsp3) is 0.727. The number of ether oxygens (including phenoxy) is 3. The van der Waals surface area contributed by atoms with Crippen LogP contribution in [0.25, 0.3) is 0 Å². The van der Waals surface area contributed by atoms with Gasteiger partial charge in [-0.25, -0.2) is 0 Å². The second-order valence-electron chi connectivity index (χ2n) is 9.93. The van der Waals surface area contributed by atoms with Gasteiger partial charge < -0.3 is 23.1 Å². The van der Waals surface area contributed by atoms with Crippen molar-refractivity contribution in [3.63, 3.8) is 0 Å². The first-order chi connectivity index (χ1) is 13.1. The first-order valence-corrected chi connectivity index (χ1v) is 12.0. The molecule has 4 atom stereocenters. The Bertz CT molecular complexity index is 623. The molecule has 28 heavy (non-hydrogen) atoms. The maximum Gasteiger partial charge on any atom is 0.349 e. The minimum absolute atomic E-state index is 0.0325. The molecule has 5 nitrogen and oxygen atoms in total. The molecule has 0 aliphatic carbocycles. The standard InChI is InChI=1S/C22H36O5Si/c1-21(2,3)28(22(4,5)6)25-14-19-20(27-28)18(24-15-23-7)13-17(26-19)16-11-9-8-10-12-16/h8-12,17-20H,13-15H2,1-7H3/t17-,18+,19-,20+/m1/s1. The van der Waals surface area contributed by atoms with E-state index in [1.165, 1.54) is 0 Å². The molecule has 0 aromatic heterocycles.